The lowest BCUT2D eigenvalue weighted by Gasteiger charge is -2.14. The topological polar surface area (TPSA) is 49.8 Å². The summed E-state index contributed by atoms with van der Waals surface area (Å²) in [5, 5.41) is 6.48. The molecule has 0 radical (unpaired) electrons. The van der Waals surface area contributed by atoms with E-state index in [-0.39, 0.29) is 5.82 Å². The number of nitrogens with zero attached hydrogens (tertiary/aromatic N) is 2. The van der Waals surface area contributed by atoms with Crippen molar-refractivity contribution < 1.29 is 4.39 Å². The van der Waals surface area contributed by atoms with Crippen molar-refractivity contribution in [3.05, 3.63) is 41.8 Å². The van der Waals surface area contributed by atoms with Gasteiger partial charge >= 0.3 is 0 Å². The van der Waals surface area contributed by atoms with Crippen LogP contribution in [-0.2, 0) is 0 Å². The monoisotopic (exact) mass is 300 g/mol. The number of nitrogens with one attached hydrogen (secondary N) is 2. The fourth-order valence-corrected chi connectivity index (χ4v) is 2.22. The highest BCUT2D eigenvalue weighted by Gasteiger charge is 2.26. The highest BCUT2D eigenvalue weighted by Crippen LogP contribution is 2.40. The molecular weight excluding hydrogens is 279 g/mol. The number of rotatable bonds is 6. The van der Waals surface area contributed by atoms with Crippen LogP contribution in [0.3, 0.4) is 0 Å². The SMILES string of the molecule is CC[C@@H](C)Nc1nc(Nc2cccc(F)c2)cc(C2CC2)n1. The van der Waals surface area contributed by atoms with Crippen molar-refractivity contribution in [2.75, 3.05) is 10.6 Å². The Morgan fingerprint density at radius 2 is 2.09 bits per heavy atom. The molecule has 0 spiro atoms. The van der Waals surface area contributed by atoms with Crippen molar-refractivity contribution in [2.45, 2.75) is 45.1 Å². The number of hydrogen-bond acceptors (Lipinski definition) is 4. The molecule has 0 saturated heterocycles. The third kappa shape index (κ3) is 3.72. The molecular formula is C17H21FN4. The molecule has 0 unspecified atom stereocenters. The summed E-state index contributed by atoms with van der Waals surface area (Å²) in [6.07, 6.45) is 3.36. The van der Waals surface area contributed by atoms with Crippen molar-refractivity contribution in [1.82, 2.24) is 9.97 Å². The highest BCUT2D eigenvalue weighted by molar-refractivity contribution is 5.58. The molecule has 1 aliphatic rings. The smallest absolute Gasteiger partial charge is 0.225 e. The number of anilines is 3. The second-order valence-corrected chi connectivity index (χ2v) is 5.86. The van der Waals surface area contributed by atoms with E-state index >= 15 is 0 Å². The van der Waals surface area contributed by atoms with Gasteiger partial charge in [-0.2, -0.15) is 4.98 Å². The van der Waals surface area contributed by atoms with Gasteiger partial charge in [0.15, 0.2) is 0 Å². The Hall–Kier alpha value is -2.17. The Morgan fingerprint density at radius 1 is 1.27 bits per heavy atom. The first-order valence-corrected chi connectivity index (χ1v) is 7.82. The molecule has 5 heteroatoms. The molecule has 0 amide bonds. The zero-order valence-electron chi connectivity index (χ0n) is 12.9. The molecule has 1 aliphatic carbocycles. The van der Waals surface area contributed by atoms with E-state index in [4.69, 9.17) is 0 Å². The quantitative estimate of drug-likeness (QED) is 0.827. The third-order valence-electron chi connectivity index (χ3n) is 3.83. The Balaban J connectivity index is 1.85. The Kier molecular flexibility index (Phi) is 4.22. The maximum Gasteiger partial charge on any atom is 0.225 e. The molecule has 1 saturated carbocycles. The molecule has 1 aromatic carbocycles. The number of aromatic nitrogens is 2. The number of benzene rings is 1. The van der Waals surface area contributed by atoms with E-state index in [1.165, 1.54) is 25.0 Å². The van der Waals surface area contributed by atoms with E-state index in [1.54, 1.807) is 6.07 Å². The van der Waals surface area contributed by atoms with Gasteiger partial charge in [-0.3, -0.25) is 0 Å². The van der Waals surface area contributed by atoms with Crippen molar-refractivity contribution in [3.63, 3.8) is 0 Å². The Labute approximate surface area is 130 Å². The van der Waals surface area contributed by atoms with Gasteiger partial charge < -0.3 is 10.6 Å². The minimum Gasteiger partial charge on any atom is -0.352 e. The van der Waals surface area contributed by atoms with Crippen LogP contribution >= 0.6 is 0 Å². The molecule has 22 heavy (non-hydrogen) atoms. The van der Waals surface area contributed by atoms with Crippen LogP contribution in [0.4, 0.5) is 21.8 Å². The lowest BCUT2D eigenvalue weighted by atomic mass is 10.2. The normalized spacial score (nSPS) is 15.4. The maximum absolute atomic E-state index is 13.3. The lowest BCUT2D eigenvalue weighted by molar-refractivity contribution is 0.628. The largest absolute Gasteiger partial charge is 0.352 e. The van der Waals surface area contributed by atoms with E-state index in [0.29, 0.717) is 29.4 Å². The zero-order valence-corrected chi connectivity index (χ0v) is 12.9. The van der Waals surface area contributed by atoms with Crippen LogP contribution in [0.2, 0.25) is 0 Å². The molecule has 1 heterocycles. The molecule has 116 valence electrons. The van der Waals surface area contributed by atoms with Crippen molar-refractivity contribution in [2.24, 2.45) is 0 Å². The molecule has 1 fully saturated rings. The minimum absolute atomic E-state index is 0.264. The second kappa shape index (κ2) is 6.30. The molecule has 1 aromatic heterocycles. The van der Waals surface area contributed by atoms with Gasteiger partial charge in [-0.1, -0.05) is 13.0 Å². The van der Waals surface area contributed by atoms with E-state index in [0.717, 1.165) is 12.1 Å². The van der Waals surface area contributed by atoms with Gasteiger partial charge in [-0.25, -0.2) is 9.37 Å². The van der Waals surface area contributed by atoms with Crippen molar-refractivity contribution >= 4 is 17.5 Å². The highest BCUT2D eigenvalue weighted by atomic mass is 19.1. The van der Waals surface area contributed by atoms with Gasteiger partial charge in [-0.15, -0.1) is 0 Å². The first-order chi connectivity index (χ1) is 10.6. The summed E-state index contributed by atoms with van der Waals surface area (Å²) >= 11 is 0. The van der Waals surface area contributed by atoms with Crippen LogP contribution in [0.15, 0.2) is 30.3 Å². The van der Waals surface area contributed by atoms with Gasteiger partial charge in [0.05, 0.1) is 5.69 Å². The Morgan fingerprint density at radius 3 is 2.77 bits per heavy atom. The van der Waals surface area contributed by atoms with Gasteiger partial charge in [0.1, 0.15) is 11.6 Å². The van der Waals surface area contributed by atoms with Crippen molar-refractivity contribution in [3.8, 4) is 0 Å². The third-order valence-corrected chi connectivity index (χ3v) is 3.83. The lowest BCUT2D eigenvalue weighted by Crippen LogP contribution is -2.16. The predicted molar refractivity (Wildman–Crippen MR) is 87.1 cm³/mol. The average Bonchev–Trinajstić information content (AvgIpc) is 3.31. The van der Waals surface area contributed by atoms with Crippen molar-refractivity contribution in [1.29, 1.82) is 0 Å². The average molecular weight is 300 g/mol. The summed E-state index contributed by atoms with van der Waals surface area (Å²) in [6.45, 7) is 4.22. The van der Waals surface area contributed by atoms with Gasteiger partial charge in [0.2, 0.25) is 5.95 Å². The molecule has 1 atom stereocenters. The molecule has 0 bridgehead atoms. The van der Waals surface area contributed by atoms with Gasteiger partial charge in [0, 0.05) is 23.7 Å². The van der Waals surface area contributed by atoms with E-state index in [9.17, 15) is 4.39 Å². The second-order valence-electron chi connectivity index (χ2n) is 5.86. The summed E-state index contributed by atoms with van der Waals surface area (Å²) < 4.78 is 13.3. The zero-order chi connectivity index (χ0) is 15.5. The molecule has 3 rings (SSSR count). The molecule has 2 N–H and O–H groups in total. The molecule has 0 aliphatic heterocycles. The fraction of sp³-hybridized carbons (Fsp3) is 0.412. The van der Waals surface area contributed by atoms with E-state index in [1.807, 2.05) is 12.1 Å². The van der Waals surface area contributed by atoms with Crippen LogP contribution in [0.5, 0.6) is 0 Å². The molecule has 2 aromatic rings. The van der Waals surface area contributed by atoms with Crippen LogP contribution < -0.4 is 10.6 Å². The Bertz CT molecular complexity index is 655. The molecule has 4 nitrogen and oxygen atoms in total. The van der Waals surface area contributed by atoms with E-state index < -0.39 is 0 Å². The summed E-state index contributed by atoms with van der Waals surface area (Å²) in [5.74, 6) is 1.61. The summed E-state index contributed by atoms with van der Waals surface area (Å²) in [5.41, 5.74) is 1.75. The number of halogens is 1. The van der Waals surface area contributed by atoms with Gasteiger partial charge in [-0.05, 0) is 44.4 Å². The summed E-state index contributed by atoms with van der Waals surface area (Å²) in [6, 6.07) is 8.67. The number of hydrogen-bond donors (Lipinski definition) is 2. The summed E-state index contributed by atoms with van der Waals surface area (Å²) in [7, 11) is 0. The minimum atomic E-state index is -0.264. The fourth-order valence-electron chi connectivity index (χ4n) is 2.22. The van der Waals surface area contributed by atoms with Crippen LogP contribution in [0, 0.1) is 5.82 Å². The first-order valence-electron chi connectivity index (χ1n) is 7.82. The van der Waals surface area contributed by atoms with Gasteiger partial charge in [0.25, 0.3) is 0 Å². The standard InChI is InChI=1S/C17H21FN4/c1-3-11(2)19-17-21-15(12-7-8-12)10-16(22-17)20-14-6-4-5-13(18)9-14/h4-6,9-12H,3,7-8H2,1-2H3,(H2,19,20,21,22)/t11-/m1/s1. The van der Waals surface area contributed by atoms with Crippen LogP contribution in [0.25, 0.3) is 0 Å². The maximum atomic E-state index is 13.3. The van der Waals surface area contributed by atoms with Crippen LogP contribution in [-0.4, -0.2) is 16.0 Å². The van der Waals surface area contributed by atoms with Crippen LogP contribution in [0.1, 0.15) is 44.7 Å². The van der Waals surface area contributed by atoms with E-state index in [2.05, 4.69) is 34.4 Å². The first kappa shape index (κ1) is 14.8. The summed E-state index contributed by atoms with van der Waals surface area (Å²) in [4.78, 5) is 9.11. The predicted octanol–water partition coefficient (Wildman–Crippen LogP) is 4.45.